The van der Waals surface area contributed by atoms with Crippen molar-refractivity contribution < 1.29 is 8.98 Å². The van der Waals surface area contributed by atoms with Gasteiger partial charge in [-0.2, -0.15) is 0 Å². The molecule has 0 N–H and O–H groups in total. The Hall–Kier alpha value is -3.65. The number of benzene rings is 4. The number of rotatable bonds is 1. The van der Waals surface area contributed by atoms with Crippen LogP contribution in [0.5, 0.6) is 0 Å². The van der Waals surface area contributed by atoms with Crippen molar-refractivity contribution in [3.05, 3.63) is 90.6 Å². The number of aromatic nitrogens is 1. The molecular formula is C27H20NO+. The van der Waals surface area contributed by atoms with E-state index in [2.05, 4.69) is 104 Å². The Balaban J connectivity index is 1.76. The fourth-order valence-corrected chi connectivity index (χ4v) is 4.54. The van der Waals surface area contributed by atoms with Gasteiger partial charge in [-0.15, -0.1) is 0 Å². The maximum Gasteiger partial charge on any atom is 0.216 e. The molecule has 0 aliphatic carbocycles. The van der Waals surface area contributed by atoms with Crippen molar-refractivity contribution in [1.82, 2.24) is 0 Å². The summed E-state index contributed by atoms with van der Waals surface area (Å²) in [5, 5.41) is 7.33. The Bertz CT molecular complexity index is 1570. The summed E-state index contributed by atoms with van der Waals surface area (Å²) in [6.45, 7) is 2.15. The summed E-state index contributed by atoms with van der Waals surface area (Å²) in [6, 6.07) is 28.1. The standard InChI is InChI=1S/C27H20NO/c1-17-10-13-21-23-15-19-12-11-18-7-3-4-8-20(18)22(19)16-25(23)29-27(21)26(17)24-9-5-6-14-28(24)2/h3-16H,1-2H3/q+1. The first-order chi connectivity index (χ1) is 14.2. The number of aryl methyl sites for hydroxylation is 2. The molecule has 2 nitrogen and oxygen atoms in total. The minimum Gasteiger partial charge on any atom is -0.455 e. The van der Waals surface area contributed by atoms with E-state index < -0.39 is 0 Å². The summed E-state index contributed by atoms with van der Waals surface area (Å²) in [5.74, 6) is 0. The number of pyridine rings is 1. The van der Waals surface area contributed by atoms with Gasteiger partial charge in [-0.3, -0.25) is 0 Å². The van der Waals surface area contributed by atoms with Crippen molar-refractivity contribution in [2.75, 3.05) is 0 Å². The molecule has 2 heteroatoms. The summed E-state index contributed by atoms with van der Waals surface area (Å²) < 4.78 is 8.67. The van der Waals surface area contributed by atoms with E-state index in [1.54, 1.807) is 0 Å². The third-order valence-corrected chi connectivity index (χ3v) is 6.02. The number of hydrogen-bond acceptors (Lipinski definition) is 1. The first-order valence-electron chi connectivity index (χ1n) is 9.93. The average Bonchev–Trinajstić information content (AvgIpc) is 3.10. The fourth-order valence-electron chi connectivity index (χ4n) is 4.54. The number of nitrogens with zero attached hydrogens (tertiary/aromatic N) is 1. The van der Waals surface area contributed by atoms with Gasteiger partial charge in [0.2, 0.25) is 5.69 Å². The molecule has 0 fully saturated rings. The zero-order chi connectivity index (χ0) is 19.5. The molecule has 0 aliphatic rings. The second-order valence-electron chi connectivity index (χ2n) is 7.79. The van der Waals surface area contributed by atoms with Gasteiger partial charge in [0.05, 0.1) is 5.56 Å². The second-order valence-corrected chi connectivity index (χ2v) is 7.79. The van der Waals surface area contributed by atoms with Gasteiger partial charge in [0.25, 0.3) is 0 Å². The highest BCUT2D eigenvalue weighted by Gasteiger charge is 2.20. The van der Waals surface area contributed by atoms with Crippen LogP contribution in [0.4, 0.5) is 0 Å². The maximum atomic E-state index is 6.52. The van der Waals surface area contributed by atoms with Crippen molar-refractivity contribution in [2.45, 2.75) is 6.92 Å². The van der Waals surface area contributed by atoms with Gasteiger partial charge >= 0.3 is 0 Å². The second kappa shape index (κ2) is 5.92. The van der Waals surface area contributed by atoms with Gasteiger partial charge in [0.15, 0.2) is 6.20 Å². The van der Waals surface area contributed by atoms with Crippen molar-refractivity contribution >= 4 is 43.5 Å². The average molecular weight is 374 g/mol. The van der Waals surface area contributed by atoms with E-state index in [-0.39, 0.29) is 0 Å². The van der Waals surface area contributed by atoms with Crippen molar-refractivity contribution in [3.8, 4) is 11.3 Å². The van der Waals surface area contributed by atoms with Crippen molar-refractivity contribution in [3.63, 3.8) is 0 Å². The molecule has 0 saturated heterocycles. The van der Waals surface area contributed by atoms with Crippen LogP contribution in [0.3, 0.4) is 0 Å². The summed E-state index contributed by atoms with van der Waals surface area (Å²) in [4.78, 5) is 0. The lowest BCUT2D eigenvalue weighted by Gasteiger charge is -2.05. The molecule has 0 radical (unpaired) electrons. The van der Waals surface area contributed by atoms with Gasteiger partial charge in [0.1, 0.15) is 18.2 Å². The van der Waals surface area contributed by atoms with E-state index in [4.69, 9.17) is 4.42 Å². The first-order valence-corrected chi connectivity index (χ1v) is 9.93. The molecule has 138 valence electrons. The third kappa shape index (κ3) is 2.32. The Kier molecular flexibility index (Phi) is 3.33. The number of furan rings is 1. The van der Waals surface area contributed by atoms with Gasteiger partial charge in [-0.05, 0) is 52.2 Å². The maximum absolute atomic E-state index is 6.52. The third-order valence-electron chi connectivity index (χ3n) is 6.02. The molecule has 6 rings (SSSR count). The fraction of sp³-hybridized carbons (Fsp3) is 0.0741. The van der Waals surface area contributed by atoms with Gasteiger partial charge in [-0.1, -0.05) is 48.5 Å². The molecule has 29 heavy (non-hydrogen) atoms. The summed E-state index contributed by atoms with van der Waals surface area (Å²) >= 11 is 0. The molecule has 6 aromatic rings. The topological polar surface area (TPSA) is 17.0 Å². The zero-order valence-corrected chi connectivity index (χ0v) is 16.4. The lowest BCUT2D eigenvalue weighted by atomic mass is 9.98. The van der Waals surface area contributed by atoms with Crippen LogP contribution in [0.1, 0.15) is 5.56 Å². The van der Waals surface area contributed by atoms with Crippen LogP contribution in [0.2, 0.25) is 0 Å². The molecule has 0 unspecified atom stereocenters. The largest absolute Gasteiger partial charge is 0.455 e. The van der Waals surface area contributed by atoms with Crippen molar-refractivity contribution in [2.24, 2.45) is 7.05 Å². The molecule has 4 aromatic carbocycles. The summed E-state index contributed by atoms with van der Waals surface area (Å²) in [5.41, 5.74) is 5.43. The van der Waals surface area contributed by atoms with Crippen LogP contribution >= 0.6 is 0 Å². The highest BCUT2D eigenvalue weighted by molar-refractivity contribution is 6.17. The van der Waals surface area contributed by atoms with Gasteiger partial charge in [-0.25, -0.2) is 4.57 Å². The summed E-state index contributed by atoms with van der Waals surface area (Å²) in [6.07, 6.45) is 2.08. The minimum atomic E-state index is 0.939. The normalized spacial score (nSPS) is 11.8. The first kappa shape index (κ1) is 16.3. The molecule has 0 aliphatic heterocycles. The van der Waals surface area contributed by atoms with Crippen LogP contribution < -0.4 is 4.57 Å². The van der Waals surface area contributed by atoms with Crippen LogP contribution in [-0.4, -0.2) is 0 Å². The van der Waals surface area contributed by atoms with Crippen LogP contribution in [-0.2, 0) is 7.05 Å². The predicted molar refractivity (Wildman–Crippen MR) is 120 cm³/mol. The molecule has 0 bridgehead atoms. The van der Waals surface area contributed by atoms with Crippen LogP contribution in [0, 0.1) is 6.92 Å². The monoisotopic (exact) mass is 374 g/mol. The number of fused-ring (bicyclic) bond motifs is 6. The molecule has 0 amide bonds. The van der Waals surface area contributed by atoms with E-state index in [0.29, 0.717) is 0 Å². The van der Waals surface area contributed by atoms with E-state index in [0.717, 1.165) is 22.4 Å². The van der Waals surface area contributed by atoms with Crippen molar-refractivity contribution in [1.29, 1.82) is 0 Å². The molecule has 2 heterocycles. The molecular weight excluding hydrogens is 354 g/mol. The van der Waals surface area contributed by atoms with E-state index in [9.17, 15) is 0 Å². The Morgan fingerprint density at radius 2 is 1.52 bits per heavy atom. The Morgan fingerprint density at radius 3 is 2.41 bits per heavy atom. The number of hydrogen-bond donors (Lipinski definition) is 0. The minimum absolute atomic E-state index is 0.939. The molecule has 0 atom stereocenters. The lowest BCUT2D eigenvalue weighted by molar-refractivity contribution is -0.660. The van der Waals surface area contributed by atoms with E-state index >= 15 is 0 Å². The molecule has 2 aromatic heterocycles. The van der Waals surface area contributed by atoms with E-state index in [1.807, 2.05) is 0 Å². The SMILES string of the molecule is Cc1ccc2c(oc3cc4c(ccc5ccccc54)cc32)c1-c1cccc[n+]1C. The predicted octanol–water partition coefficient (Wildman–Crippen LogP) is 6.69. The Labute approximate surface area is 168 Å². The summed E-state index contributed by atoms with van der Waals surface area (Å²) in [7, 11) is 2.08. The highest BCUT2D eigenvalue weighted by Crippen LogP contribution is 2.39. The van der Waals surface area contributed by atoms with Gasteiger partial charge in [0, 0.05) is 22.9 Å². The van der Waals surface area contributed by atoms with Crippen LogP contribution in [0.25, 0.3) is 54.7 Å². The zero-order valence-electron chi connectivity index (χ0n) is 16.4. The molecule has 0 saturated carbocycles. The quantitative estimate of drug-likeness (QED) is 0.231. The Morgan fingerprint density at radius 1 is 0.690 bits per heavy atom. The lowest BCUT2D eigenvalue weighted by Crippen LogP contribution is -2.30. The van der Waals surface area contributed by atoms with Crippen LogP contribution in [0.15, 0.2) is 89.5 Å². The van der Waals surface area contributed by atoms with E-state index in [1.165, 1.54) is 37.9 Å². The molecule has 0 spiro atoms. The highest BCUT2D eigenvalue weighted by atomic mass is 16.3. The smallest absolute Gasteiger partial charge is 0.216 e. The van der Waals surface area contributed by atoms with Gasteiger partial charge < -0.3 is 4.42 Å².